The highest BCUT2D eigenvalue weighted by Gasteiger charge is 2.26. The minimum atomic E-state index is -4.30. The number of aryl methyl sites for hydroxylation is 1. The highest BCUT2D eigenvalue weighted by Crippen LogP contribution is 2.36. The van der Waals surface area contributed by atoms with E-state index in [1.165, 1.54) is 25.4 Å². The average Bonchev–Trinajstić information content (AvgIpc) is 3.52. The van der Waals surface area contributed by atoms with E-state index in [1.54, 1.807) is 6.20 Å². The zero-order valence-electron chi connectivity index (χ0n) is 16.6. The molecule has 5 aromatic rings. The molecule has 0 spiro atoms. The van der Waals surface area contributed by atoms with Crippen molar-refractivity contribution >= 4 is 26.6 Å². The summed E-state index contributed by atoms with van der Waals surface area (Å²) in [6.45, 7) is 0. The van der Waals surface area contributed by atoms with Crippen LogP contribution in [0.3, 0.4) is 0 Å². The molecule has 3 aromatic heterocycles. The van der Waals surface area contributed by atoms with E-state index in [9.17, 15) is 12.8 Å². The zero-order valence-corrected chi connectivity index (χ0v) is 17.5. The van der Waals surface area contributed by atoms with Crippen molar-refractivity contribution in [3.05, 3.63) is 60.3 Å². The van der Waals surface area contributed by atoms with Crippen LogP contribution in [0.1, 0.15) is 0 Å². The van der Waals surface area contributed by atoms with E-state index in [0.717, 1.165) is 23.0 Å². The van der Waals surface area contributed by atoms with Crippen LogP contribution in [0.2, 0.25) is 0 Å². The molecule has 0 radical (unpaired) electrons. The summed E-state index contributed by atoms with van der Waals surface area (Å²) in [6.07, 6.45) is 4.03. The van der Waals surface area contributed by atoms with Gasteiger partial charge in [-0.3, -0.25) is 9.82 Å². The molecule has 0 fully saturated rings. The Morgan fingerprint density at radius 3 is 2.61 bits per heavy atom. The maximum Gasteiger partial charge on any atom is 0.280 e. The number of rotatable bonds is 5. The first-order valence-corrected chi connectivity index (χ1v) is 10.8. The molecule has 0 bridgehead atoms. The molecule has 3 heterocycles. The van der Waals surface area contributed by atoms with E-state index in [2.05, 4.69) is 30.5 Å². The van der Waals surface area contributed by atoms with Gasteiger partial charge in [0.05, 0.1) is 17.4 Å². The third-order valence-corrected chi connectivity index (χ3v) is 6.36. The number of imidazole rings is 1. The van der Waals surface area contributed by atoms with Crippen molar-refractivity contribution in [2.24, 2.45) is 7.05 Å². The first-order chi connectivity index (χ1) is 15.8. The van der Waals surface area contributed by atoms with Gasteiger partial charge in [-0.1, -0.05) is 11.3 Å². The lowest BCUT2D eigenvalue weighted by Crippen LogP contribution is -2.17. The molecule has 0 aliphatic carbocycles. The van der Waals surface area contributed by atoms with Crippen LogP contribution in [0.25, 0.3) is 33.5 Å². The number of halogens is 3. The van der Waals surface area contributed by atoms with Crippen molar-refractivity contribution < 1.29 is 21.6 Å². The van der Waals surface area contributed by atoms with Gasteiger partial charge in [-0.05, 0) is 18.2 Å². The molecule has 10 nitrogen and oxygen atoms in total. The molecule has 168 valence electrons. The number of H-pyrrole nitrogens is 2. The monoisotopic (exact) mass is 474 g/mol. The number of hydrogen-bond acceptors (Lipinski definition) is 6. The normalized spacial score (nSPS) is 11.9. The van der Waals surface area contributed by atoms with Gasteiger partial charge in [-0.15, -0.1) is 5.10 Å². The van der Waals surface area contributed by atoms with Crippen molar-refractivity contribution in [3.8, 4) is 22.6 Å². The number of fused-ring (bicyclic) bond motifs is 1. The second-order valence-electron chi connectivity index (χ2n) is 6.94. The Labute approximate surface area is 183 Å². The van der Waals surface area contributed by atoms with Gasteiger partial charge in [-0.2, -0.15) is 13.5 Å². The molecule has 5 rings (SSSR count). The molecule has 33 heavy (non-hydrogen) atoms. The van der Waals surface area contributed by atoms with Gasteiger partial charge in [0.2, 0.25) is 0 Å². The molecule has 0 amide bonds. The Hall–Kier alpha value is -4.20. The molecule has 3 N–H and O–H groups in total. The second-order valence-corrected chi connectivity index (χ2v) is 8.57. The molecular weight excluding hydrogens is 461 g/mol. The molecule has 0 saturated heterocycles. The lowest BCUT2D eigenvalue weighted by atomic mass is 10.0. The van der Waals surface area contributed by atoms with E-state index < -0.39 is 44.3 Å². The molecule has 0 unspecified atom stereocenters. The topological polar surface area (TPSA) is 134 Å². The van der Waals surface area contributed by atoms with Crippen LogP contribution >= 0.6 is 0 Å². The summed E-state index contributed by atoms with van der Waals surface area (Å²) >= 11 is 0. The number of anilines is 1. The number of nitrogens with zero attached hydrogens (tertiary/aromatic N) is 5. The predicted octanol–water partition coefficient (Wildman–Crippen LogP) is 2.97. The lowest BCUT2D eigenvalue weighted by molar-refractivity contribution is 0.574. The van der Waals surface area contributed by atoms with E-state index in [-0.39, 0.29) is 10.5 Å². The molecular formula is C19H13F3N8O2S. The molecule has 0 atom stereocenters. The van der Waals surface area contributed by atoms with Gasteiger partial charge < -0.3 is 4.98 Å². The van der Waals surface area contributed by atoms with Crippen LogP contribution < -0.4 is 4.72 Å². The SMILES string of the molecule is Cn1nncc1S(=O)(=O)Nc1ccc(F)c(-c2ccc3c(-c4ncc[nH]4)n[nH]c3c2F)c1F. The maximum atomic E-state index is 15.3. The molecule has 2 aromatic carbocycles. The third kappa shape index (κ3) is 3.31. The van der Waals surface area contributed by atoms with E-state index in [1.807, 2.05) is 4.72 Å². The third-order valence-electron chi connectivity index (χ3n) is 4.95. The number of aromatic nitrogens is 7. The maximum absolute atomic E-state index is 15.3. The molecule has 0 aliphatic heterocycles. The average molecular weight is 474 g/mol. The number of hydrogen-bond donors (Lipinski definition) is 3. The highest BCUT2D eigenvalue weighted by molar-refractivity contribution is 7.92. The predicted molar refractivity (Wildman–Crippen MR) is 111 cm³/mol. The van der Waals surface area contributed by atoms with Crippen molar-refractivity contribution in [1.29, 1.82) is 0 Å². The van der Waals surface area contributed by atoms with Crippen LogP contribution in [0.5, 0.6) is 0 Å². The highest BCUT2D eigenvalue weighted by atomic mass is 32.2. The van der Waals surface area contributed by atoms with Gasteiger partial charge in [0, 0.05) is 30.4 Å². The lowest BCUT2D eigenvalue weighted by Gasteiger charge is -2.13. The number of aromatic amines is 2. The fourth-order valence-electron chi connectivity index (χ4n) is 3.42. The fourth-order valence-corrected chi connectivity index (χ4v) is 4.54. The van der Waals surface area contributed by atoms with Gasteiger partial charge in [-0.25, -0.2) is 22.8 Å². The van der Waals surface area contributed by atoms with Crippen molar-refractivity contribution in [2.75, 3.05) is 4.72 Å². The van der Waals surface area contributed by atoms with E-state index in [4.69, 9.17) is 0 Å². The van der Waals surface area contributed by atoms with Crippen LogP contribution in [0.4, 0.5) is 18.9 Å². The van der Waals surface area contributed by atoms with Crippen molar-refractivity contribution in [2.45, 2.75) is 5.03 Å². The first-order valence-electron chi connectivity index (χ1n) is 9.30. The smallest absolute Gasteiger partial charge is 0.280 e. The summed E-state index contributed by atoms with van der Waals surface area (Å²) in [4.78, 5) is 6.91. The van der Waals surface area contributed by atoms with E-state index in [0.29, 0.717) is 16.9 Å². The minimum Gasteiger partial charge on any atom is -0.343 e. The zero-order chi connectivity index (χ0) is 23.3. The standard InChI is InChI=1S/C19H13F3N8O2S/c1-30-13(8-25-29-30)33(31,32)28-12-5-4-11(20)14(16(12)22)9-2-3-10-17(15(9)21)26-27-18(10)19-23-6-7-24-19/h2-8,28H,1H3,(H,23,24)(H,26,27). The van der Waals surface area contributed by atoms with Gasteiger partial charge in [0.1, 0.15) is 17.0 Å². The van der Waals surface area contributed by atoms with Gasteiger partial charge in [0.15, 0.2) is 22.5 Å². The number of benzene rings is 2. The Kier molecular flexibility index (Phi) is 4.67. The van der Waals surface area contributed by atoms with Crippen LogP contribution in [-0.4, -0.2) is 43.6 Å². The van der Waals surface area contributed by atoms with Gasteiger partial charge in [0.25, 0.3) is 10.0 Å². The molecule has 0 saturated carbocycles. The first kappa shape index (κ1) is 20.7. The summed E-state index contributed by atoms with van der Waals surface area (Å²) in [5, 5.41) is 13.5. The quantitative estimate of drug-likeness (QED) is 0.359. The fraction of sp³-hybridized carbons (Fsp3) is 0.0526. The number of nitrogens with one attached hydrogen (secondary N) is 3. The summed E-state index contributed by atoms with van der Waals surface area (Å²) in [7, 11) is -2.96. The van der Waals surface area contributed by atoms with Crippen molar-refractivity contribution in [1.82, 2.24) is 35.2 Å². The van der Waals surface area contributed by atoms with E-state index >= 15 is 8.78 Å². The van der Waals surface area contributed by atoms with Crippen LogP contribution in [-0.2, 0) is 17.1 Å². The Morgan fingerprint density at radius 1 is 1.09 bits per heavy atom. The Balaban J connectivity index is 1.62. The largest absolute Gasteiger partial charge is 0.343 e. The minimum absolute atomic E-state index is 0.0929. The summed E-state index contributed by atoms with van der Waals surface area (Å²) in [5.41, 5.74) is -1.51. The second kappa shape index (κ2) is 7.44. The van der Waals surface area contributed by atoms with Crippen LogP contribution in [0.15, 0.2) is 47.9 Å². The molecule has 0 aliphatic rings. The Bertz CT molecular complexity index is 1610. The summed E-state index contributed by atoms with van der Waals surface area (Å²) in [5.74, 6) is -2.96. The van der Waals surface area contributed by atoms with Crippen LogP contribution in [0, 0.1) is 17.5 Å². The Morgan fingerprint density at radius 2 is 1.91 bits per heavy atom. The summed E-state index contributed by atoms with van der Waals surface area (Å²) in [6, 6.07) is 4.36. The van der Waals surface area contributed by atoms with Crippen molar-refractivity contribution in [3.63, 3.8) is 0 Å². The summed E-state index contributed by atoms with van der Waals surface area (Å²) < 4.78 is 73.4. The van der Waals surface area contributed by atoms with Gasteiger partial charge >= 0.3 is 0 Å². The molecule has 14 heteroatoms. The number of sulfonamides is 1.